The van der Waals surface area contributed by atoms with Gasteiger partial charge in [0.2, 0.25) is 45.3 Å². The van der Waals surface area contributed by atoms with Crippen molar-refractivity contribution in [2.24, 2.45) is 11.7 Å². The lowest BCUT2D eigenvalue weighted by molar-refractivity contribution is -0.143. The Balaban J connectivity index is 1.77. The van der Waals surface area contributed by atoms with Crippen LogP contribution in [0.1, 0.15) is 65.5 Å². The van der Waals surface area contributed by atoms with Gasteiger partial charge in [-0.15, -0.1) is 0 Å². The third-order valence-electron chi connectivity index (χ3n) is 8.51. The molecule has 5 atom stereocenters. The monoisotopic (exact) mass is 814 g/mol. The predicted molar refractivity (Wildman–Crippen MR) is 205 cm³/mol. The smallest absolute Gasteiger partial charge is 0.407 e. The van der Waals surface area contributed by atoms with Crippen molar-refractivity contribution >= 4 is 63.0 Å². The van der Waals surface area contributed by atoms with Crippen LogP contribution >= 0.6 is 0 Å². The van der Waals surface area contributed by atoms with E-state index in [-0.39, 0.29) is 42.7 Å². The number of nitrogens with two attached hydrogens (primary N) is 1. The average Bonchev–Trinajstić information content (AvgIpc) is 3.57. The highest BCUT2D eigenvalue weighted by Crippen LogP contribution is 2.23. The van der Waals surface area contributed by atoms with Crippen LogP contribution < -0.4 is 37.0 Å². The highest BCUT2D eigenvalue weighted by Gasteiger charge is 2.43. The number of sulfonamides is 1. The molecular weight excluding hydrogens is 765 g/mol. The second-order valence-electron chi connectivity index (χ2n) is 13.8. The van der Waals surface area contributed by atoms with Crippen molar-refractivity contribution in [3.63, 3.8) is 0 Å². The van der Waals surface area contributed by atoms with Crippen LogP contribution in [-0.2, 0) is 48.3 Å². The van der Waals surface area contributed by atoms with Gasteiger partial charge in [0, 0.05) is 25.2 Å². The summed E-state index contributed by atoms with van der Waals surface area (Å²) < 4.78 is 34.3. The number of nitrogens with one attached hydrogen (secondary N) is 6. The van der Waals surface area contributed by atoms with Gasteiger partial charge in [0.05, 0.1) is 24.1 Å². The summed E-state index contributed by atoms with van der Waals surface area (Å²) in [5.41, 5.74) is 6.19. The number of anilines is 1. The standard InChI is InChI=1S/C37H50N8O11S/c1-6-10-28(32(48)35(51)39-18-30(47)43-31(33(38)49)24-11-8-7-9-12-24)42-34(50)29-17-26(19-45(29)36(52)22(4)40-37(53)56-20-21(2)3)44-57(54,55)27-15-13-25(14-16-27)41-23(5)46/h7-9,11-16,21-22,26,28-29,31,44H,6,10,17-20H2,1-5H3,(H2,38,49)(H,39,51)(H,40,53)(H,41,46)(H,42,50)(H,43,47)/t22-,26+,28?,29?,31-/m0/s1. The number of nitrogens with zero attached hydrogens (tertiary/aromatic N) is 1. The van der Waals surface area contributed by atoms with Gasteiger partial charge in [-0.3, -0.25) is 33.6 Å². The summed E-state index contributed by atoms with van der Waals surface area (Å²) in [5, 5.41) is 12.0. The number of primary amides is 1. The third-order valence-corrected chi connectivity index (χ3v) is 10.0. The van der Waals surface area contributed by atoms with Crippen molar-refractivity contribution in [2.45, 2.75) is 89.0 Å². The first-order valence-electron chi connectivity index (χ1n) is 18.2. The lowest BCUT2D eigenvalue weighted by Gasteiger charge is -2.28. The number of ether oxygens (including phenoxy) is 1. The molecule has 0 saturated carbocycles. The molecule has 1 heterocycles. The first kappa shape index (κ1) is 45.5. The Morgan fingerprint density at radius 2 is 1.56 bits per heavy atom. The molecule has 0 aliphatic carbocycles. The fourth-order valence-corrected chi connectivity index (χ4v) is 7.04. The minimum atomic E-state index is -4.23. The molecule has 20 heteroatoms. The zero-order valence-electron chi connectivity index (χ0n) is 32.3. The topological polar surface area (TPSA) is 281 Å². The SMILES string of the molecule is CCCC(NC(=O)C1C[C@@H](NS(=O)(=O)c2ccc(NC(C)=O)cc2)CN1C(=O)[C@H](C)NC(=O)OCC(C)C)C(=O)C(=O)NCC(=O)N[C@H](C(N)=O)c1ccccc1. The molecule has 3 rings (SSSR count). The summed E-state index contributed by atoms with van der Waals surface area (Å²) in [6, 6.07) is 7.19. The molecule has 2 aromatic carbocycles. The van der Waals surface area contributed by atoms with Gasteiger partial charge in [-0.25, -0.2) is 17.9 Å². The second kappa shape index (κ2) is 20.9. The molecule has 7 amide bonds. The largest absolute Gasteiger partial charge is 0.449 e. The zero-order chi connectivity index (χ0) is 42.4. The number of hydrogen-bond donors (Lipinski definition) is 7. The minimum Gasteiger partial charge on any atom is -0.449 e. The maximum Gasteiger partial charge on any atom is 0.407 e. The Kier molecular flexibility index (Phi) is 16.7. The van der Waals surface area contributed by atoms with E-state index in [9.17, 15) is 46.8 Å². The number of hydrogen-bond acceptors (Lipinski definition) is 11. The molecule has 8 N–H and O–H groups in total. The Bertz CT molecular complexity index is 1910. The van der Waals surface area contributed by atoms with Crippen molar-refractivity contribution in [3.05, 3.63) is 60.2 Å². The van der Waals surface area contributed by atoms with Crippen molar-refractivity contribution < 1.29 is 51.5 Å². The lowest BCUT2D eigenvalue weighted by Crippen LogP contribution is -2.56. The Morgan fingerprint density at radius 3 is 2.14 bits per heavy atom. The van der Waals surface area contributed by atoms with Crippen LogP contribution in [0.5, 0.6) is 0 Å². The van der Waals surface area contributed by atoms with Gasteiger partial charge in [0.25, 0.3) is 5.91 Å². The maximum absolute atomic E-state index is 13.9. The van der Waals surface area contributed by atoms with Crippen molar-refractivity contribution in [1.29, 1.82) is 0 Å². The van der Waals surface area contributed by atoms with Gasteiger partial charge in [0.15, 0.2) is 0 Å². The van der Waals surface area contributed by atoms with E-state index in [0.717, 1.165) is 4.90 Å². The van der Waals surface area contributed by atoms with E-state index < -0.39 is 88.2 Å². The molecule has 0 spiro atoms. The number of benzene rings is 2. The summed E-state index contributed by atoms with van der Waals surface area (Å²) in [6.45, 7) is 7.03. The van der Waals surface area contributed by atoms with Gasteiger partial charge in [-0.2, -0.15) is 0 Å². The quantitative estimate of drug-likeness (QED) is 0.0926. The molecule has 1 fully saturated rings. The molecule has 310 valence electrons. The van der Waals surface area contributed by atoms with Crippen LogP contribution in [0.15, 0.2) is 59.5 Å². The molecular formula is C37H50N8O11S. The van der Waals surface area contributed by atoms with Crippen molar-refractivity contribution in [1.82, 2.24) is 30.9 Å². The number of likely N-dealkylation sites (tertiary alicyclic amines) is 1. The Morgan fingerprint density at radius 1 is 0.912 bits per heavy atom. The van der Waals surface area contributed by atoms with Crippen molar-refractivity contribution in [2.75, 3.05) is 25.0 Å². The second-order valence-corrected chi connectivity index (χ2v) is 15.5. The molecule has 19 nitrogen and oxygen atoms in total. The summed E-state index contributed by atoms with van der Waals surface area (Å²) in [7, 11) is -4.23. The maximum atomic E-state index is 13.9. The molecule has 1 aliphatic rings. The fourth-order valence-electron chi connectivity index (χ4n) is 5.80. The summed E-state index contributed by atoms with van der Waals surface area (Å²) in [4.78, 5) is 103. The van der Waals surface area contributed by atoms with Crippen LogP contribution in [0.2, 0.25) is 0 Å². The first-order valence-corrected chi connectivity index (χ1v) is 19.7. The van der Waals surface area contributed by atoms with Crippen LogP contribution in [0.25, 0.3) is 0 Å². The van der Waals surface area contributed by atoms with E-state index >= 15 is 0 Å². The third kappa shape index (κ3) is 13.7. The highest BCUT2D eigenvalue weighted by molar-refractivity contribution is 7.89. The summed E-state index contributed by atoms with van der Waals surface area (Å²) in [5.74, 6) is -5.99. The molecule has 1 aliphatic heterocycles. The summed E-state index contributed by atoms with van der Waals surface area (Å²) in [6.07, 6.45) is -0.847. The number of ketones is 1. The number of Topliss-reactive ketones (excluding diaryl/α,β-unsaturated/α-hetero) is 1. The van der Waals surface area contributed by atoms with Crippen LogP contribution in [-0.4, -0.2) is 105 Å². The van der Waals surface area contributed by atoms with E-state index in [4.69, 9.17) is 10.5 Å². The molecule has 2 unspecified atom stereocenters. The molecule has 0 aromatic heterocycles. The van der Waals surface area contributed by atoms with Crippen molar-refractivity contribution in [3.8, 4) is 0 Å². The molecule has 1 saturated heterocycles. The van der Waals surface area contributed by atoms with E-state index in [1.165, 1.54) is 38.1 Å². The fraction of sp³-hybridized carbons (Fsp3) is 0.459. The first-order chi connectivity index (χ1) is 26.8. The van der Waals surface area contributed by atoms with Gasteiger partial charge in [-0.1, -0.05) is 57.5 Å². The number of alkyl carbamates (subject to hydrolysis) is 1. The molecule has 57 heavy (non-hydrogen) atoms. The van der Waals surface area contributed by atoms with Gasteiger partial charge in [0.1, 0.15) is 18.1 Å². The number of rotatable bonds is 19. The van der Waals surface area contributed by atoms with Gasteiger partial charge in [-0.05, 0) is 55.5 Å². The number of carbonyl (C=O) groups excluding carboxylic acids is 8. The molecule has 0 bridgehead atoms. The van der Waals surface area contributed by atoms with E-state index in [1.807, 2.05) is 13.8 Å². The molecule has 0 radical (unpaired) electrons. The Hall–Kier alpha value is -5.89. The Labute approximate surface area is 330 Å². The van der Waals surface area contributed by atoms with Crippen LogP contribution in [0, 0.1) is 5.92 Å². The van der Waals surface area contributed by atoms with E-state index in [0.29, 0.717) is 17.7 Å². The minimum absolute atomic E-state index is 0.00985. The number of amides is 7. The van der Waals surface area contributed by atoms with Gasteiger partial charge >= 0.3 is 6.09 Å². The van der Waals surface area contributed by atoms with E-state index in [2.05, 4.69) is 31.3 Å². The highest BCUT2D eigenvalue weighted by atomic mass is 32.2. The lowest BCUT2D eigenvalue weighted by atomic mass is 10.0. The molecule has 2 aromatic rings. The van der Waals surface area contributed by atoms with Crippen LogP contribution in [0.3, 0.4) is 0 Å². The number of carbonyl (C=O) groups is 8. The van der Waals surface area contributed by atoms with Crippen LogP contribution in [0.4, 0.5) is 10.5 Å². The normalized spacial score (nSPS) is 16.7. The van der Waals surface area contributed by atoms with Gasteiger partial charge < -0.3 is 42.0 Å². The zero-order valence-corrected chi connectivity index (χ0v) is 33.1. The summed E-state index contributed by atoms with van der Waals surface area (Å²) >= 11 is 0. The van der Waals surface area contributed by atoms with E-state index in [1.54, 1.807) is 37.3 Å². The average molecular weight is 815 g/mol. The predicted octanol–water partition coefficient (Wildman–Crippen LogP) is -0.0235.